The van der Waals surface area contributed by atoms with Gasteiger partial charge in [-0.15, -0.1) is 24.0 Å². The first-order valence-electron chi connectivity index (χ1n) is 7.51. The zero-order valence-electron chi connectivity index (χ0n) is 14.4. The Morgan fingerprint density at radius 3 is 2.60 bits per heavy atom. The summed E-state index contributed by atoms with van der Waals surface area (Å²) in [5, 5.41) is 16.9. The van der Waals surface area contributed by atoms with Crippen LogP contribution in [-0.2, 0) is 10.0 Å². The number of rotatable bonds is 8. The first-order chi connectivity index (χ1) is 11.3. The van der Waals surface area contributed by atoms with E-state index in [1.54, 1.807) is 7.05 Å². The zero-order valence-corrected chi connectivity index (χ0v) is 17.5. The van der Waals surface area contributed by atoms with Crippen molar-refractivity contribution in [3.63, 3.8) is 0 Å². The van der Waals surface area contributed by atoms with E-state index < -0.39 is 14.9 Å². The van der Waals surface area contributed by atoms with E-state index in [0.717, 1.165) is 12.5 Å². The molecule has 25 heavy (non-hydrogen) atoms. The van der Waals surface area contributed by atoms with Gasteiger partial charge in [-0.1, -0.05) is 13.0 Å². The lowest BCUT2D eigenvalue weighted by atomic mass is 10.3. The van der Waals surface area contributed by atoms with Gasteiger partial charge in [-0.05, 0) is 19.4 Å². The summed E-state index contributed by atoms with van der Waals surface area (Å²) in [7, 11) is -2.17. The highest BCUT2D eigenvalue weighted by Gasteiger charge is 2.17. The fourth-order valence-electron chi connectivity index (χ4n) is 1.74. The van der Waals surface area contributed by atoms with Gasteiger partial charge in [-0.3, -0.25) is 15.1 Å². The van der Waals surface area contributed by atoms with Crippen LogP contribution >= 0.6 is 24.0 Å². The first-order valence-corrected chi connectivity index (χ1v) is 8.99. The lowest BCUT2D eigenvalue weighted by molar-refractivity contribution is -0.385. The Labute approximate surface area is 164 Å². The van der Waals surface area contributed by atoms with Crippen molar-refractivity contribution in [3.8, 4) is 0 Å². The number of hydrogen-bond donors (Lipinski definition) is 3. The highest BCUT2D eigenvalue weighted by atomic mass is 127. The third-order valence-corrected chi connectivity index (χ3v) is 4.73. The minimum absolute atomic E-state index is 0. The van der Waals surface area contributed by atoms with E-state index in [1.807, 2.05) is 13.8 Å². The van der Waals surface area contributed by atoms with E-state index in [4.69, 9.17) is 0 Å². The molecule has 0 saturated carbocycles. The maximum atomic E-state index is 12.1. The minimum atomic E-state index is -3.80. The Balaban J connectivity index is 0.00000576. The van der Waals surface area contributed by atoms with Crippen LogP contribution in [-0.4, -0.2) is 45.5 Å². The van der Waals surface area contributed by atoms with E-state index in [1.165, 1.54) is 18.2 Å². The normalized spacial score (nSPS) is 12.8. The van der Waals surface area contributed by atoms with Gasteiger partial charge < -0.3 is 10.6 Å². The first kappa shape index (κ1) is 23.5. The van der Waals surface area contributed by atoms with Crippen LogP contribution in [0.25, 0.3) is 0 Å². The number of nitrogens with one attached hydrogen (secondary N) is 3. The van der Waals surface area contributed by atoms with Gasteiger partial charge in [-0.2, -0.15) is 0 Å². The van der Waals surface area contributed by atoms with Crippen molar-refractivity contribution in [2.75, 3.05) is 20.1 Å². The standard InChI is InChI=1S/C14H23N5O4S.HI/c1-4-11(2)18-14(15-3)16-8-9-17-24(22,23)13-7-5-6-12(10-13)19(20)21;/h5-7,10-11,17H,4,8-9H2,1-3H3,(H2,15,16,18);1H. The van der Waals surface area contributed by atoms with Gasteiger partial charge >= 0.3 is 0 Å². The maximum absolute atomic E-state index is 12.1. The molecule has 1 rings (SSSR count). The van der Waals surface area contributed by atoms with Crippen LogP contribution in [0.3, 0.4) is 0 Å². The molecule has 0 aromatic heterocycles. The molecular formula is C14H24IN5O4S. The number of nitro benzene ring substituents is 1. The SMILES string of the molecule is CCC(C)NC(=NC)NCCNS(=O)(=O)c1cccc([N+](=O)[O-])c1.I. The van der Waals surface area contributed by atoms with Gasteiger partial charge in [0.1, 0.15) is 0 Å². The number of sulfonamides is 1. The Hall–Kier alpha value is -1.47. The molecule has 0 aliphatic heterocycles. The monoisotopic (exact) mass is 485 g/mol. The summed E-state index contributed by atoms with van der Waals surface area (Å²) in [6, 6.07) is 5.16. The van der Waals surface area contributed by atoms with Crippen LogP contribution in [0.2, 0.25) is 0 Å². The molecule has 1 unspecified atom stereocenters. The van der Waals surface area contributed by atoms with Gasteiger partial charge in [0.05, 0.1) is 9.82 Å². The molecule has 3 N–H and O–H groups in total. The smallest absolute Gasteiger partial charge is 0.270 e. The van der Waals surface area contributed by atoms with E-state index in [0.29, 0.717) is 12.5 Å². The topological polar surface area (TPSA) is 126 Å². The lowest BCUT2D eigenvalue weighted by Crippen LogP contribution is -2.44. The van der Waals surface area contributed by atoms with Crippen LogP contribution in [0.4, 0.5) is 5.69 Å². The molecule has 142 valence electrons. The number of non-ortho nitro benzene ring substituents is 1. The number of halogens is 1. The summed E-state index contributed by atoms with van der Waals surface area (Å²) in [6.07, 6.45) is 0.931. The van der Waals surface area contributed by atoms with Gasteiger partial charge in [0.2, 0.25) is 10.0 Å². The van der Waals surface area contributed by atoms with Crippen molar-refractivity contribution in [1.29, 1.82) is 0 Å². The predicted molar refractivity (Wildman–Crippen MR) is 108 cm³/mol. The van der Waals surface area contributed by atoms with Crippen molar-refractivity contribution in [1.82, 2.24) is 15.4 Å². The minimum Gasteiger partial charge on any atom is -0.355 e. The Morgan fingerprint density at radius 2 is 2.04 bits per heavy atom. The number of nitrogens with zero attached hydrogens (tertiary/aromatic N) is 2. The van der Waals surface area contributed by atoms with Gasteiger partial charge in [0.15, 0.2) is 5.96 Å². The third kappa shape index (κ3) is 7.96. The van der Waals surface area contributed by atoms with E-state index in [2.05, 4.69) is 20.3 Å². The van der Waals surface area contributed by atoms with E-state index in [9.17, 15) is 18.5 Å². The molecule has 0 saturated heterocycles. The van der Waals surface area contributed by atoms with Gasteiger partial charge in [0.25, 0.3) is 5.69 Å². The number of hydrogen-bond acceptors (Lipinski definition) is 5. The van der Waals surface area contributed by atoms with Crippen LogP contribution < -0.4 is 15.4 Å². The Bertz CT molecular complexity index is 696. The number of benzene rings is 1. The van der Waals surface area contributed by atoms with Crippen molar-refractivity contribution >= 4 is 45.6 Å². The van der Waals surface area contributed by atoms with Gasteiger partial charge in [-0.25, -0.2) is 13.1 Å². The Kier molecular flexibility index (Phi) is 10.5. The second-order valence-corrected chi connectivity index (χ2v) is 6.87. The summed E-state index contributed by atoms with van der Waals surface area (Å²) in [5.74, 6) is 0.582. The summed E-state index contributed by atoms with van der Waals surface area (Å²) < 4.78 is 26.7. The summed E-state index contributed by atoms with van der Waals surface area (Å²) in [6.45, 7) is 4.49. The Morgan fingerprint density at radius 1 is 1.36 bits per heavy atom. The van der Waals surface area contributed by atoms with Crippen molar-refractivity contribution in [3.05, 3.63) is 34.4 Å². The molecule has 0 radical (unpaired) electrons. The molecule has 0 fully saturated rings. The summed E-state index contributed by atoms with van der Waals surface area (Å²) >= 11 is 0. The van der Waals surface area contributed by atoms with Crippen LogP contribution in [0.5, 0.6) is 0 Å². The molecule has 0 heterocycles. The fourth-order valence-corrected chi connectivity index (χ4v) is 2.82. The largest absolute Gasteiger partial charge is 0.355 e. The zero-order chi connectivity index (χ0) is 18.2. The molecule has 0 aliphatic carbocycles. The van der Waals surface area contributed by atoms with E-state index in [-0.39, 0.29) is 47.1 Å². The summed E-state index contributed by atoms with van der Waals surface area (Å²) in [5.41, 5.74) is -0.269. The maximum Gasteiger partial charge on any atom is 0.270 e. The van der Waals surface area contributed by atoms with Gasteiger partial charge in [0, 0.05) is 38.3 Å². The average Bonchev–Trinajstić information content (AvgIpc) is 2.57. The molecule has 1 atom stereocenters. The summed E-state index contributed by atoms with van der Waals surface area (Å²) in [4.78, 5) is 14.0. The fraction of sp³-hybridized carbons (Fsp3) is 0.500. The highest BCUT2D eigenvalue weighted by Crippen LogP contribution is 2.16. The average molecular weight is 485 g/mol. The van der Waals surface area contributed by atoms with Crippen LogP contribution in [0, 0.1) is 10.1 Å². The molecule has 0 amide bonds. The third-order valence-electron chi connectivity index (χ3n) is 3.27. The van der Waals surface area contributed by atoms with Crippen LogP contribution in [0.1, 0.15) is 20.3 Å². The van der Waals surface area contributed by atoms with Crippen LogP contribution in [0.15, 0.2) is 34.2 Å². The molecule has 11 heteroatoms. The van der Waals surface area contributed by atoms with E-state index >= 15 is 0 Å². The lowest BCUT2D eigenvalue weighted by Gasteiger charge is -2.16. The van der Waals surface area contributed by atoms with Crippen molar-refractivity contribution in [2.45, 2.75) is 31.2 Å². The molecule has 0 spiro atoms. The molecule has 0 aliphatic rings. The number of nitro groups is 1. The molecule has 9 nitrogen and oxygen atoms in total. The van der Waals surface area contributed by atoms with Crippen molar-refractivity contribution in [2.24, 2.45) is 4.99 Å². The molecular weight excluding hydrogens is 461 g/mol. The second-order valence-electron chi connectivity index (χ2n) is 5.10. The molecule has 1 aromatic carbocycles. The predicted octanol–water partition coefficient (Wildman–Crippen LogP) is 1.45. The molecule has 0 bridgehead atoms. The number of aliphatic imine (C=N–C) groups is 1. The number of guanidine groups is 1. The molecule has 1 aromatic rings. The quantitative estimate of drug-likeness (QED) is 0.128. The van der Waals surface area contributed by atoms with Crippen molar-refractivity contribution < 1.29 is 13.3 Å². The second kappa shape index (κ2) is 11.2. The highest BCUT2D eigenvalue weighted by molar-refractivity contribution is 14.0.